The third-order valence-electron chi connectivity index (χ3n) is 3.11. The molecule has 2 nitrogen and oxygen atoms in total. The van der Waals surface area contributed by atoms with E-state index in [-0.39, 0.29) is 5.56 Å². The van der Waals surface area contributed by atoms with Gasteiger partial charge in [0.2, 0.25) is 0 Å². The third-order valence-corrected chi connectivity index (χ3v) is 3.11. The molecule has 0 atom stereocenters. The normalized spacial score (nSPS) is 11.2. The molecule has 0 aromatic heterocycles. The Labute approximate surface area is 117 Å². The van der Waals surface area contributed by atoms with Crippen LogP contribution in [0.4, 0.5) is 14.5 Å². The lowest BCUT2D eigenvalue weighted by Gasteiger charge is -2.18. The van der Waals surface area contributed by atoms with Gasteiger partial charge in [0.05, 0.1) is 13.7 Å². The van der Waals surface area contributed by atoms with E-state index in [4.69, 9.17) is 4.74 Å². The maximum absolute atomic E-state index is 14.0. The predicted octanol–water partition coefficient (Wildman–Crippen LogP) is 4.21. The minimum atomic E-state index is -2.91. The molecule has 1 N–H and O–H groups in total. The summed E-state index contributed by atoms with van der Waals surface area (Å²) in [7, 11) is 1.58. The van der Waals surface area contributed by atoms with E-state index in [0.717, 1.165) is 11.3 Å². The number of hydrogen-bond acceptors (Lipinski definition) is 2. The van der Waals surface area contributed by atoms with Crippen molar-refractivity contribution in [3.05, 3.63) is 59.7 Å². The molecule has 0 aliphatic heterocycles. The highest BCUT2D eigenvalue weighted by Crippen LogP contribution is 2.29. The lowest BCUT2D eigenvalue weighted by Crippen LogP contribution is -2.24. The highest BCUT2D eigenvalue weighted by atomic mass is 19.3. The Kier molecular flexibility index (Phi) is 4.23. The van der Waals surface area contributed by atoms with Crippen LogP contribution in [-0.2, 0) is 5.92 Å². The molecule has 106 valence electrons. The van der Waals surface area contributed by atoms with Crippen molar-refractivity contribution in [2.24, 2.45) is 0 Å². The number of hydrogen-bond donors (Lipinski definition) is 1. The molecule has 0 saturated heterocycles. The largest absolute Gasteiger partial charge is 0.496 e. The summed E-state index contributed by atoms with van der Waals surface area (Å²) in [5.41, 5.74) is 1.57. The predicted molar refractivity (Wildman–Crippen MR) is 76.6 cm³/mol. The quantitative estimate of drug-likeness (QED) is 0.884. The Morgan fingerprint density at radius 3 is 2.40 bits per heavy atom. The molecule has 0 aliphatic rings. The van der Waals surface area contributed by atoms with Gasteiger partial charge in [-0.1, -0.05) is 30.3 Å². The molecule has 0 bridgehead atoms. The van der Waals surface area contributed by atoms with Gasteiger partial charge in [0.1, 0.15) is 5.75 Å². The van der Waals surface area contributed by atoms with E-state index >= 15 is 0 Å². The summed E-state index contributed by atoms with van der Waals surface area (Å²) in [5, 5.41) is 2.77. The van der Waals surface area contributed by atoms with E-state index in [1.165, 1.54) is 12.1 Å². The van der Waals surface area contributed by atoms with Gasteiger partial charge in [-0.05, 0) is 30.7 Å². The summed E-state index contributed by atoms with van der Waals surface area (Å²) in [5.74, 6) is -2.17. The fraction of sp³-hybridized carbons (Fsp3) is 0.250. The van der Waals surface area contributed by atoms with Gasteiger partial charge in [0.15, 0.2) is 0 Å². The van der Waals surface area contributed by atoms with Crippen LogP contribution in [0.25, 0.3) is 0 Å². The summed E-state index contributed by atoms with van der Waals surface area (Å²) < 4.78 is 33.1. The van der Waals surface area contributed by atoms with Crippen LogP contribution in [0.2, 0.25) is 0 Å². The van der Waals surface area contributed by atoms with Gasteiger partial charge < -0.3 is 10.1 Å². The summed E-state index contributed by atoms with van der Waals surface area (Å²) in [6.45, 7) is 1.43. The lowest BCUT2D eigenvalue weighted by molar-refractivity contribution is 0.0106. The number of methoxy groups -OCH3 is 1. The van der Waals surface area contributed by atoms with Gasteiger partial charge >= 0.3 is 0 Å². The monoisotopic (exact) mass is 277 g/mol. The second-order valence-corrected chi connectivity index (χ2v) is 4.61. The van der Waals surface area contributed by atoms with Gasteiger partial charge in [0.25, 0.3) is 5.92 Å². The van der Waals surface area contributed by atoms with E-state index in [0.29, 0.717) is 5.69 Å². The van der Waals surface area contributed by atoms with Crippen molar-refractivity contribution in [3.8, 4) is 5.75 Å². The first-order valence-corrected chi connectivity index (χ1v) is 6.35. The Morgan fingerprint density at radius 1 is 1.10 bits per heavy atom. The number of halogens is 2. The van der Waals surface area contributed by atoms with Crippen LogP contribution < -0.4 is 10.1 Å². The second kappa shape index (κ2) is 5.90. The summed E-state index contributed by atoms with van der Waals surface area (Å²) >= 11 is 0. The van der Waals surface area contributed by atoms with Gasteiger partial charge in [-0.2, -0.15) is 8.78 Å². The molecule has 0 unspecified atom stereocenters. The van der Waals surface area contributed by atoms with Crippen LogP contribution in [0, 0.1) is 6.92 Å². The van der Waals surface area contributed by atoms with Crippen LogP contribution >= 0.6 is 0 Å². The molecule has 2 rings (SSSR count). The van der Waals surface area contributed by atoms with Crippen molar-refractivity contribution in [2.75, 3.05) is 19.0 Å². The van der Waals surface area contributed by atoms with E-state index < -0.39 is 12.5 Å². The minimum absolute atomic E-state index is 0.0118. The van der Waals surface area contributed by atoms with Crippen molar-refractivity contribution in [2.45, 2.75) is 12.8 Å². The van der Waals surface area contributed by atoms with E-state index in [9.17, 15) is 8.78 Å². The first kappa shape index (κ1) is 14.3. The van der Waals surface area contributed by atoms with Gasteiger partial charge in [-0.15, -0.1) is 0 Å². The molecule has 0 saturated carbocycles. The number of nitrogens with one attached hydrogen (secondary N) is 1. The Bertz CT molecular complexity index is 570. The van der Waals surface area contributed by atoms with Crippen LogP contribution in [0.1, 0.15) is 11.1 Å². The van der Waals surface area contributed by atoms with Gasteiger partial charge in [-0.3, -0.25) is 0 Å². The number of aryl methyl sites for hydroxylation is 1. The lowest BCUT2D eigenvalue weighted by atomic mass is 10.1. The molecule has 2 aromatic carbocycles. The number of benzene rings is 2. The highest BCUT2D eigenvalue weighted by Gasteiger charge is 2.30. The first-order valence-electron chi connectivity index (χ1n) is 6.35. The maximum atomic E-state index is 14.0. The van der Waals surface area contributed by atoms with Gasteiger partial charge in [0, 0.05) is 11.3 Å². The zero-order chi connectivity index (χ0) is 14.6. The van der Waals surface area contributed by atoms with Crippen LogP contribution in [0.15, 0.2) is 48.5 Å². The molecular formula is C16H17F2NO. The van der Waals surface area contributed by atoms with E-state index in [1.54, 1.807) is 43.5 Å². The number of ether oxygens (including phenoxy) is 1. The average Bonchev–Trinajstić information content (AvgIpc) is 2.46. The van der Waals surface area contributed by atoms with Crippen molar-refractivity contribution in [1.29, 1.82) is 0 Å². The van der Waals surface area contributed by atoms with Crippen LogP contribution in [0.3, 0.4) is 0 Å². The van der Waals surface area contributed by atoms with E-state index in [1.807, 2.05) is 6.92 Å². The Balaban J connectivity index is 2.06. The Hall–Kier alpha value is -2.10. The second-order valence-electron chi connectivity index (χ2n) is 4.61. The SMILES string of the molecule is COc1ccc(NCC(F)(F)c2ccccc2)cc1C. The molecule has 0 aliphatic carbocycles. The third kappa shape index (κ3) is 3.26. The molecule has 0 spiro atoms. The zero-order valence-corrected chi connectivity index (χ0v) is 11.5. The fourth-order valence-electron chi connectivity index (χ4n) is 1.99. The standard InChI is InChI=1S/C16H17F2NO/c1-12-10-14(8-9-15(12)20-2)19-11-16(17,18)13-6-4-3-5-7-13/h3-10,19H,11H2,1-2H3. The highest BCUT2D eigenvalue weighted by molar-refractivity contribution is 5.51. The van der Waals surface area contributed by atoms with Crippen LogP contribution in [-0.4, -0.2) is 13.7 Å². The smallest absolute Gasteiger partial charge is 0.290 e. The van der Waals surface area contributed by atoms with Crippen molar-refractivity contribution >= 4 is 5.69 Å². The average molecular weight is 277 g/mol. The molecule has 0 radical (unpaired) electrons. The maximum Gasteiger partial charge on any atom is 0.290 e. The number of rotatable bonds is 5. The fourth-order valence-corrected chi connectivity index (χ4v) is 1.99. The summed E-state index contributed by atoms with van der Waals surface area (Å²) in [6, 6.07) is 13.1. The van der Waals surface area contributed by atoms with Crippen molar-refractivity contribution in [1.82, 2.24) is 0 Å². The molecule has 4 heteroatoms. The molecular weight excluding hydrogens is 260 g/mol. The zero-order valence-electron chi connectivity index (χ0n) is 11.5. The molecule has 0 fully saturated rings. The van der Waals surface area contributed by atoms with Gasteiger partial charge in [-0.25, -0.2) is 0 Å². The minimum Gasteiger partial charge on any atom is -0.496 e. The van der Waals surface area contributed by atoms with E-state index in [2.05, 4.69) is 5.32 Å². The van der Waals surface area contributed by atoms with Crippen LogP contribution in [0.5, 0.6) is 5.75 Å². The molecule has 2 aromatic rings. The summed E-state index contributed by atoms with van der Waals surface area (Å²) in [6.07, 6.45) is 0. The molecule has 20 heavy (non-hydrogen) atoms. The van der Waals surface area contributed by atoms with Crippen molar-refractivity contribution in [3.63, 3.8) is 0 Å². The topological polar surface area (TPSA) is 21.3 Å². The Morgan fingerprint density at radius 2 is 1.80 bits per heavy atom. The first-order chi connectivity index (χ1) is 9.53. The molecule has 0 heterocycles. The summed E-state index contributed by atoms with van der Waals surface area (Å²) in [4.78, 5) is 0. The molecule has 0 amide bonds. The van der Waals surface area contributed by atoms with Crippen molar-refractivity contribution < 1.29 is 13.5 Å². The number of anilines is 1. The number of alkyl halides is 2.